The standard InChI is InChI=1S/C12H18N4O2/c1-15-8-10(7-11(15)17)12(18)14-3-2-5-16-6-4-13-9-16/h4,6,9-10H,2-3,5,7-8H2,1H3,(H,14,18). The van der Waals surface area contributed by atoms with E-state index in [1.807, 2.05) is 10.8 Å². The molecule has 0 radical (unpaired) electrons. The first-order valence-corrected chi connectivity index (χ1v) is 6.14. The number of nitrogens with one attached hydrogen (secondary N) is 1. The van der Waals surface area contributed by atoms with Crippen LogP contribution < -0.4 is 5.32 Å². The number of aromatic nitrogens is 2. The quantitative estimate of drug-likeness (QED) is 0.740. The van der Waals surface area contributed by atoms with E-state index in [-0.39, 0.29) is 17.7 Å². The summed E-state index contributed by atoms with van der Waals surface area (Å²) in [7, 11) is 1.73. The van der Waals surface area contributed by atoms with Crippen LogP contribution >= 0.6 is 0 Å². The number of nitrogens with zero attached hydrogens (tertiary/aromatic N) is 3. The van der Waals surface area contributed by atoms with Crippen molar-refractivity contribution in [2.45, 2.75) is 19.4 Å². The maximum atomic E-state index is 11.8. The van der Waals surface area contributed by atoms with Crippen LogP contribution in [-0.4, -0.2) is 46.4 Å². The molecule has 18 heavy (non-hydrogen) atoms. The van der Waals surface area contributed by atoms with Gasteiger partial charge in [0.25, 0.3) is 0 Å². The predicted octanol–water partition coefficient (Wildman–Crippen LogP) is -0.132. The zero-order valence-electron chi connectivity index (χ0n) is 10.5. The first kappa shape index (κ1) is 12.6. The number of rotatable bonds is 5. The topological polar surface area (TPSA) is 67.2 Å². The second kappa shape index (κ2) is 5.66. The molecule has 1 N–H and O–H groups in total. The van der Waals surface area contributed by atoms with E-state index >= 15 is 0 Å². The van der Waals surface area contributed by atoms with Gasteiger partial charge in [0.1, 0.15) is 0 Å². The Hall–Kier alpha value is -1.85. The van der Waals surface area contributed by atoms with Crippen LogP contribution in [-0.2, 0) is 16.1 Å². The van der Waals surface area contributed by atoms with Gasteiger partial charge in [-0.15, -0.1) is 0 Å². The molecule has 0 aromatic carbocycles. The van der Waals surface area contributed by atoms with Crippen molar-refractivity contribution >= 4 is 11.8 Å². The highest BCUT2D eigenvalue weighted by Crippen LogP contribution is 2.15. The smallest absolute Gasteiger partial charge is 0.225 e. The van der Waals surface area contributed by atoms with E-state index in [0.29, 0.717) is 19.5 Å². The molecule has 0 bridgehead atoms. The predicted molar refractivity (Wildman–Crippen MR) is 65.6 cm³/mol. The molecule has 6 heteroatoms. The highest BCUT2D eigenvalue weighted by molar-refractivity contribution is 5.89. The number of carbonyl (C=O) groups excluding carboxylic acids is 2. The van der Waals surface area contributed by atoms with Gasteiger partial charge in [0.05, 0.1) is 12.2 Å². The van der Waals surface area contributed by atoms with Gasteiger partial charge < -0.3 is 14.8 Å². The fourth-order valence-corrected chi connectivity index (χ4v) is 2.08. The first-order chi connectivity index (χ1) is 8.66. The molecule has 1 aliphatic rings. The Kier molecular flexibility index (Phi) is 3.96. The van der Waals surface area contributed by atoms with E-state index in [2.05, 4.69) is 10.3 Å². The summed E-state index contributed by atoms with van der Waals surface area (Å²) in [5.74, 6) is -0.150. The van der Waals surface area contributed by atoms with Gasteiger partial charge >= 0.3 is 0 Å². The van der Waals surface area contributed by atoms with Crippen molar-refractivity contribution in [2.75, 3.05) is 20.1 Å². The number of aryl methyl sites for hydroxylation is 1. The van der Waals surface area contributed by atoms with Crippen molar-refractivity contribution in [2.24, 2.45) is 5.92 Å². The fraction of sp³-hybridized carbons (Fsp3) is 0.583. The van der Waals surface area contributed by atoms with Gasteiger partial charge in [-0.25, -0.2) is 4.98 Å². The van der Waals surface area contributed by atoms with Crippen LogP contribution in [0.5, 0.6) is 0 Å². The van der Waals surface area contributed by atoms with Crippen LogP contribution in [0.4, 0.5) is 0 Å². The molecule has 0 aliphatic carbocycles. The van der Waals surface area contributed by atoms with Crippen molar-refractivity contribution < 1.29 is 9.59 Å². The van der Waals surface area contributed by atoms with E-state index < -0.39 is 0 Å². The van der Waals surface area contributed by atoms with Crippen molar-refractivity contribution in [1.29, 1.82) is 0 Å². The van der Waals surface area contributed by atoms with Crippen molar-refractivity contribution in [1.82, 2.24) is 19.8 Å². The Morgan fingerprint density at radius 1 is 1.61 bits per heavy atom. The third-order valence-electron chi connectivity index (χ3n) is 3.16. The molecular formula is C12H18N4O2. The maximum absolute atomic E-state index is 11.8. The summed E-state index contributed by atoms with van der Waals surface area (Å²) in [6.45, 7) is 2.00. The van der Waals surface area contributed by atoms with Gasteiger partial charge in [-0.3, -0.25) is 9.59 Å². The summed E-state index contributed by atoms with van der Waals surface area (Å²) >= 11 is 0. The van der Waals surface area contributed by atoms with Crippen LogP contribution in [0, 0.1) is 5.92 Å². The second-order valence-corrected chi connectivity index (χ2v) is 4.62. The van der Waals surface area contributed by atoms with Crippen molar-refractivity contribution in [3.63, 3.8) is 0 Å². The Bertz CT molecular complexity index is 416. The van der Waals surface area contributed by atoms with Gasteiger partial charge in [-0.05, 0) is 6.42 Å². The molecule has 98 valence electrons. The Morgan fingerprint density at radius 2 is 2.44 bits per heavy atom. The van der Waals surface area contributed by atoms with E-state index in [1.165, 1.54) is 0 Å². The molecular weight excluding hydrogens is 232 g/mol. The number of carbonyl (C=O) groups is 2. The third-order valence-corrected chi connectivity index (χ3v) is 3.16. The monoisotopic (exact) mass is 250 g/mol. The maximum Gasteiger partial charge on any atom is 0.225 e. The highest BCUT2D eigenvalue weighted by Gasteiger charge is 2.31. The van der Waals surface area contributed by atoms with Crippen LogP contribution in [0.15, 0.2) is 18.7 Å². The normalized spacial score (nSPS) is 19.3. The summed E-state index contributed by atoms with van der Waals surface area (Å²) in [5, 5.41) is 2.88. The fourth-order valence-electron chi connectivity index (χ4n) is 2.08. The number of amides is 2. The molecule has 1 atom stereocenters. The molecule has 0 spiro atoms. The molecule has 0 saturated carbocycles. The molecule has 1 aliphatic heterocycles. The van der Waals surface area contributed by atoms with Crippen LogP contribution in [0.2, 0.25) is 0 Å². The van der Waals surface area contributed by atoms with Gasteiger partial charge in [-0.2, -0.15) is 0 Å². The van der Waals surface area contributed by atoms with Gasteiger partial charge in [0, 0.05) is 45.5 Å². The van der Waals surface area contributed by atoms with Crippen LogP contribution in [0.25, 0.3) is 0 Å². The summed E-state index contributed by atoms with van der Waals surface area (Å²) in [5.41, 5.74) is 0. The SMILES string of the molecule is CN1CC(C(=O)NCCCn2ccnc2)CC1=O. The van der Waals surface area contributed by atoms with E-state index in [4.69, 9.17) is 0 Å². The number of likely N-dealkylation sites (tertiary alicyclic amines) is 1. The first-order valence-electron chi connectivity index (χ1n) is 6.14. The largest absolute Gasteiger partial charge is 0.356 e. The lowest BCUT2D eigenvalue weighted by molar-refractivity contribution is -0.128. The van der Waals surface area contributed by atoms with Crippen LogP contribution in [0.1, 0.15) is 12.8 Å². The van der Waals surface area contributed by atoms with Crippen molar-refractivity contribution in [3.8, 4) is 0 Å². The lowest BCUT2D eigenvalue weighted by Crippen LogP contribution is -2.33. The zero-order chi connectivity index (χ0) is 13.0. The molecule has 1 saturated heterocycles. The van der Waals surface area contributed by atoms with Crippen molar-refractivity contribution in [3.05, 3.63) is 18.7 Å². The Balaban J connectivity index is 1.65. The Labute approximate surface area is 106 Å². The summed E-state index contributed by atoms with van der Waals surface area (Å²) < 4.78 is 1.97. The van der Waals surface area contributed by atoms with E-state index in [1.54, 1.807) is 24.5 Å². The molecule has 2 rings (SSSR count). The average Bonchev–Trinajstić information content (AvgIpc) is 2.96. The summed E-state index contributed by atoms with van der Waals surface area (Å²) in [6.07, 6.45) is 6.58. The second-order valence-electron chi connectivity index (χ2n) is 4.62. The number of hydrogen-bond donors (Lipinski definition) is 1. The molecule has 2 amide bonds. The van der Waals surface area contributed by atoms with Crippen LogP contribution in [0.3, 0.4) is 0 Å². The number of hydrogen-bond acceptors (Lipinski definition) is 3. The van der Waals surface area contributed by atoms with E-state index in [9.17, 15) is 9.59 Å². The average molecular weight is 250 g/mol. The van der Waals surface area contributed by atoms with Gasteiger partial charge in [-0.1, -0.05) is 0 Å². The minimum absolute atomic E-state index is 0.0154. The molecule has 2 heterocycles. The van der Waals surface area contributed by atoms with Gasteiger partial charge in [0.15, 0.2) is 0 Å². The molecule has 1 unspecified atom stereocenters. The highest BCUT2D eigenvalue weighted by atomic mass is 16.2. The third kappa shape index (κ3) is 3.09. The lowest BCUT2D eigenvalue weighted by atomic mass is 10.1. The minimum atomic E-state index is -0.184. The number of imidazole rings is 1. The summed E-state index contributed by atoms with van der Waals surface area (Å²) in [4.78, 5) is 28.7. The molecule has 1 aromatic heterocycles. The Morgan fingerprint density at radius 3 is 3.06 bits per heavy atom. The molecule has 6 nitrogen and oxygen atoms in total. The minimum Gasteiger partial charge on any atom is -0.356 e. The van der Waals surface area contributed by atoms with Gasteiger partial charge in [0.2, 0.25) is 11.8 Å². The molecule has 1 fully saturated rings. The zero-order valence-corrected chi connectivity index (χ0v) is 10.5. The lowest BCUT2D eigenvalue weighted by Gasteiger charge is -2.11. The molecule has 1 aromatic rings. The summed E-state index contributed by atoms with van der Waals surface area (Å²) in [6, 6.07) is 0. The van der Waals surface area contributed by atoms with E-state index in [0.717, 1.165) is 13.0 Å².